The Bertz CT molecular complexity index is 679. The average Bonchev–Trinajstić information content (AvgIpc) is 2.75. The van der Waals surface area contributed by atoms with Gasteiger partial charge in [0.05, 0.1) is 0 Å². The Balaban J connectivity index is 1.77. The number of hydrogen-bond donors (Lipinski definition) is 2. The van der Waals surface area contributed by atoms with Gasteiger partial charge in [0.15, 0.2) is 0 Å². The van der Waals surface area contributed by atoms with Crippen molar-refractivity contribution >= 4 is 5.91 Å². The molecule has 22 heavy (non-hydrogen) atoms. The molecule has 3 atom stereocenters. The van der Waals surface area contributed by atoms with Crippen LogP contribution >= 0.6 is 0 Å². The Morgan fingerprint density at radius 1 is 1.32 bits per heavy atom. The number of hydrogen-bond acceptors (Lipinski definition) is 4. The summed E-state index contributed by atoms with van der Waals surface area (Å²) in [7, 11) is 0. The van der Waals surface area contributed by atoms with Crippen LogP contribution in [-0.4, -0.2) is 44.2 Å². The highest BCUT2D eigenvalue weighted by atomic mass is 16.3. The number of piperidine rings is 1. The summed E-state index contributed by atoms with van der Waals surface area (Å²) < 4.78 is 1.26. The van der Waals surface area contributed by atoms with Crippen LogP contribution in [-0.2, 0) is 11.3 Å². The zero-order valence-corrected chi connectivity index (χ0v) is 12.6. The quantitative estimate of drug-likeness (QED) is 0.795. The number of amides is 1. The number of fused-ring (bicyclic) bond motifs is 2. The fraction of sp³-hybridized carbons (Fsp3) is 0.667. The summed E-state index contributed by atoms with van der Waals surface area (Å²) in [5.74, 6) is 0.192. The van der Waals surface area contributed by atoms with Crippen molar-refractivity contribution in [3.8, 4) is 0 Å². The van der Waals surface area contributed by atoms with Crippen molar-refractivity contribution in [1.29, 1.82) is 0 Å². The van der Waals surface area contributed by atoms with Crippen LogP contribution in [0, 0.1) is 12.8 Å². The van der Waals surface area contributed by atoms with Crippen molar-refractivity contribution in [3.63, 3.8) is 0 Å². The summed E-state index contributed by atoms with van der Waals surface area (Å²) >= 11 is 0. The third kappa shape index (κ3) is 2.61. The molecule has 1 amide bonds. The Labute approximate surface area is 127 Å². The topological polar surface area (TPSA) is 95.4 Å². The molecule has 1 unspecified atom stereocenters. The van der Waals surface area contributed by atoms with E-state index in [1.165, 1.54) is 10.8 Å². The third-order valence-corrected chi connectivity index (χ3v) is 4.87. The van der Waals surface area contributed by atoms with E-state index >= 15 is 0 Å². The highest BCUT2D eigenvalue weighted by Gasteiger charge is 2.42. The summed E-state index contributed by atoms with van der Waals surface area (Å²) in [4.78, 5) is 39.9. The molecule has 2 aliphatic heterocycles. The smallest absolute Gasteiger partial charge is 0.328 e. The third-order valence-electron chi connectivity index (χ3n) is 4.87. The SMILES string of the molecule is Cc1cn(CC(=O)N2[C@@H]3CC[C@H]2CC(CO)C3)c(=O)[nH]c1=O. The van der Waals surface area contributed by atoms with Crippen molar-refractivity contribution in [2.75, 3.05) is 6.61 Å². The number of aliphatic hydroxyl groups is 1. The van der Waals surface area contributed by atoms with Gasteiger partial charge in [-0.1, -0.05) is 0 Å². The molecule has 2 aliphatic rings. The van der Waals surface area contributed by atoms with Gasteiger partial charge in [-0.05, 0) is 38.5 Å². The first-order valence-corrected chi connectivity index (χ1v) is 7.72. The van der Waals surface area contributed by atoms with Gasteiger partial charge in [-0.25, -0.2) is 4.79 Å². The Hall–Kier alpha value is -1.89. The first-order chi connectivity index (χ1) is 10.5. The first-order valence-electron chi connectivity index (χ1n) is 7.72. The molecule has 7 nitrogen and oxygen atoms in total. The van der Waals surface area contributed by atoms with Gasteiger partial charge in [0.25, 0.3) is 5.56 Å². The normalized spacial score (nSPS) is 27.2. The number of nitrogens with one attached hydrogen (secondary N) is 1. The van der Waals surface area contributed by atoms with E-state index in [9.17, 15) is 19.5 Å². The lowest BCUT2D eigenvalue weighted by molar-refractivity contribution is -0.137. The van der Waals surface area contributed by atoms with Crippen LogP contribution < -0.4 is 11.2 Å². The monoisotopic (exact) mass is 307 g/mol. The summed E-state index contributed by atoms with van der Waals surface area (Å²) in [5, 5.41) is 9.32. The van der Waals surface area contributed by atoms with Crippen molar-refractivity contribution in [2.24, 2.45) is 5.92 Å². The molecule has 3 rings (SSSR count). The maximum Gasteiger partial charge on any atom is 0.328 e. The largest absolute Gasteiger partial charge is 0.396 e. The molecular formula is C15H21N3O4. The first kappa shape index (κ1) is 15.0. The van der Waals surface area contributed by atoms with Crippen molar-refractivity contribution < 1.29 is 9.90 Å². The zero-order chi connectivity index (χ0) is 15.9. The van der Waals surface area contributed by atoms with E-state index in [4.69, 9.17) is 0 Å². The minimum atomic E-state index is -0.554. The van der Waals surface area contributed by atoms with E-state index in [0.29, 0.717) is 5.56 Å². The number of H-pyrrole nitrogens is 1. The number of aromatic nitrogens is 2. The fourth-order valence-corrected chi connectivity index (χ4v) is 3.81. The standard InChI is InChI=1S/C15H21N3O4/c1-9-6-17(15(22)16-14(9)21)7-13(20)18-11-2-3-12(18)5-10(4-11)8-19/h6,10-12,19H,2-5,7-8H2,1H3,(H,16,21,22)/t10?,11-,12+. The van der Waals surface area contributed by atoms with E-state index in [2.05, 4.69) is 4.98 Å². The van der Waals surface area contributed by atoms with Gasteiger partial charge in [0.2, 0.25) is 5.91 Å². The van der Waals surface area contributed by atoms with E-state index in [0.717, 1.165) is 25.7 Å². The van der Waals surface area contributed by atoms with Gasteiger partial charge in [-0.15, -0.1) is 0 Å². The molecule has 2 N–H and O–H groups in total. The van der Waals surface area contributed by atoms with Gasteiger partial charge >= 0.3 is 5.69 Å². The molecule has 0 radical (unpaired) electrons. The van der Waals surface area contributed by atoms with Gasteiger partial charge in [0, 0.05) is 30.5 Å². The number of aromatic amines is 1. The second-order valence-electron chi connectivity index (χ2n) is 6.41. The molecular weight excluding hydrogens is 286 g/mol. The lowest BCUT2D eigenvalue weighted by Crippen LogP contribution is -2.49. The maximum atomic E-state index is 12.6. The molecule has 120 valence electrons. The van der Waals surface area contributed by atoms with Crippen molar-refractivity contribution in [2.45, 2.75) is 51.2 Å². The van der Waals surface area contributed by atoms with Crippen molar-refractivity contribution in [1.82, 2.24) is 14.5 Å². The lowest BCUT2D eigenvalue weighted by Gasteiger charge is -2.38. The van der Waals surface area contributed by atoms with Crippen LogP contribution in [0.4, 0.5) is 0 Å². The highest BCUT2D eigenvalue weighted by Crippen LogP contribution is 2.38. The molecule has 1 aromatic rings. The molecule has 0 aromatic carbocycles. The minimum Gasteiger partial charge on any atom is -0.396 e. The van der Waals surface area contributed by atoms with E-state index in [-0.39, 0.29) is 37.1 Å². The lowest BCUT2D eigenvalue weighted by atomic mass is 9.91. The second kappa shape index (κ2) is 5.72. The molecule has 2 fully saturated rings. The fourth-order valence-electron chi connectivity index (χ4n) is 3.81. The molecule has 2 bridgehead atoms. The number of aliphatic hydroxyl groups excluding tert-OH is 1. The summed E-state index contributed by atoms with van der Waals surface area (Å²) in [6, 6.07) is 0.339. The second-order valence-corrected chi connectivity index (χ2v) is 6.41. The Kier molecular flexibility index (Phi) is 3.90. The van der Waals surface area contributed by atoms with Crippen LogP contribution in [0.15, 0.2) is 15.8 Å². The Morgan fingerprint density at radius 3 is 2.55 bits per heavy atom. The summed E-state index contributed by atoms with van der Waals surface area (Å²) in [6.45, 7) is 1.73. The average molecular weight is 307 g/mol. The minimum absolute atomic E-state index is 0.0484. The van der Waals surface area contributed by atoms with Crippen LogP contribution in [0.2, 0.25) is 0 Å². The van der Waals surface area contributed by atoms with Crippen molar-refractivity contribution in [3.05, 3.63) is 32.6 Å². The molecule has 0 spiro atoms. The van der Waals surface area contributed by atoms with Gasteiger partial charge in [0.1, 0.15) is 6.54 Å². The number of nitrogens with zero attached hydrogens (tertiary/aromatic N) is 2. The molecule has 2 saturated heterocycles. The van der Waals surface area contributed by atoms with Crippen LogP contribution in [0.3, 0.4) is 0 Å². The number of aryl methyl sites for hydroxylation is 1. The molecule has 3 heterocycles. The predicted octanol–water partition coefficient (Wildman–Crippen LogP) is -0.393. The van der Waals surface area contributed by atoms with E-state index in [1.54, 1.807) is 6.92 Å². The van der Waals surface area contributed by atoms with Gasteiger partial charge in [-0.3, -0.25) is 19.1 Å². The molecule has 1 aromatic heterocycles. The van der Waals surface area contributed by atoms with Crippen LogP contribution in [0.25, 0.3) is 0 Å². The summed E-state index contributed by atoms with van der Waals surface area (Å²) in [5.41, 5.74) is -0.562. The van der Waals surface area contributed by atoms with E-state index in [1.807, 2.05) is 4.90 Å². The molecule has 7 heteroatoms. The van der Waals surface area contributed by atoms with Crippen LogP contribution in [0.5, 0.6) is 0 Å². The zero-order valence-electron chi connectivity index (χ0n) is 12.6. The molecule has 0 saturated carbocycles. The number of rotatable bonds is 3. The van der Waals surface area contributed by atoms with Gasteiger partial charge < -0.3 is 10.0 Å². The highest BCUT2D eigenvalue weighted by molar-refractivity contribution is 5.77. The Morgan fingerprint density at radius 2 is 1.95 bits per heavy atom. The van der Waals surface area contributed by atoms with E-state index < -0.39 is 11.2 Å². The number of carbonyl (C=O) groups excluding carboxylic acids is 1. The predicted molar refractivity (Wildman–Crippen MR) is 79.5 cm³/mol. The molecule has 0 aliphatic carbocycles. The van der Waals surface area contributed by atoms with Crippen LogP contribution in [0.1, 0.15) is 31.2 Å². The number of carbonyl (C=O) groups is 1. The maximum absolute atomic E-state index is 12.6. The summed E-state index contributed by atoms with van der Waals surface area (Å²) in [6.07, 6.45) is 5.02. The van der Waals surface area contributed by atoms with Gasteiger partial charge in [-0.2, -0.15) is 0 Å².